The van der Waals surface area contributed by atoms with Gasteiger partial charge in [0.25, 0.3) is 5.69 Å². The topological polar surface area (TPSA) is 124 Å². The van der Waals surface area contributed by atoms with E-state index in [1.807, 2.05) is 6.07 Å². The first-order chi connectivity index (χ1) is 11.2. The lowest BCUT2D eigenvalue weighted by Gasteiger charge is -2.13. The van der Waals surface area contributed by atoms with Crippen molar-refractivity contribution < 1.29 is 14.5 Å². The molecular formula is C13H7Br3N4O4. The van der Waals surface area contributed by atoms with Crippen LogP contribution in [0.4, 0.5) is 11.4 Å². The van der Waals surface area contributed by atoms with Crippen LogP contribution >= 0.6 is 47.8 Å². The first-order valence-electron chi connectivity index (χ1n) is 6.06. The number of rotatable bonds is 3. The Balaban J connectivity index is 2.93. The summed E-state index contributed by atoms with van der Waals surface area (Å²) in [7, 11) is 1.17. The van der Waals surface area contributed by atoms with E-state index < -0.39 is 10.9 Å². The fourth-order valence-corrected chi connectivity index (χ4v) is 4.84. The van der Waals surface area contributed by atoms with E-state index in [-0.39, 0.29) is 37.3 Å². The zero-order valence-corrected chi connectivity index (χ0v) is 16.6. The Bertz CT molecular complexity index is 917. The Morgan fingerprint density at radius 2 is 2.04 bits per heavy atom. The number of nitrogen functional groups attached to an aromatic ring is 1. The van der Waals surface area contributed by atoms with Crippen LogP contribution in [0.5, 0.6) is 0 Å². The molecule has 11 heteroatoms. The van der Waals surface area contributed by atoms with E-state index in [4.69, 9.17) is 15.7 Å². The number of nitro benzene ring substituents is 1. The largest absolute Gasteiger partial charge is 0.464 e. The highest BCUT2D eigenvalue weighted by Crippen LogP contribution is 2.43. The number of nitriles is 1. The van der Waals surface area contributed by atoms with Crippen molar-refractivity contribution >= 4 is 65.1 Å². The number of carbonyl (C=O) groups excluding carboxylic acids is 1. The molecule has 2 rings (SSSR count). The van der Waals surface area contributed by atoms with Gasteiger partial charge in [-0.25, -0.2) is 4.79 Å². The number of aromatic nitrogens is 1. The monoisotopic (exact) mass is 520 g/mol. The molecular weight excluding hydrogens is 516 g/mol. The summed E-state index contributed by atoms with van der Waals surface area (Å²) in [6.45, 7) is 0. The van der Waals surface area contributed by atoms with Gasteiger partial charge in [0.1, 0.15) is 10.5 Å². The predicted octanol–water partition coefficient (Wildman–Crippen LogP) is 3.91. The molecule has 0 radical (unpaired) electrons. The van der Waals surface area contributed by atoms with Crippen LogP contribution < -0.4 is 5.73 Å². The third-order valence-electron chi connectivity index (χ3n) is 3.09. The summed E-state index contributed by atoms with van der Waals surface area (Å²) < 4.78 is 6.72. The van der Waals surface area contributed by atoms with Crippen molar-refractivity contribution in [1.29, 1.82) is 5.26 Å². The minimum absolute atomic E-state index is 0.0415. The van der Waals surface area contributed by atoms with Crippen molar-refractivity contribution in [3.05, 3.63) is 47.1 Å². The predicted molar refractivity (Wildman–Crippen MR) is 96.0 cm³/mol. The molecule has 24 heavy (non-hydrogen) atoms. The van der Waals surface area contributed by atoms with Gasteiger partial charge < -0.3 is 15.0 Å². The van der Waals surface area contributed by atoms with Crippen LogP contribution in [0.25, 0.3) is 5.69 Å². The molecule has 0 amide bonds. The number of nitrogens with two attached hydrogens (primary N) is 1. The highest BCUT2D eigenvalue weighted by Gasteiger charge is 2.29. The van der Waals surface area contributed by atoms with Crippen LogP contribution in [-0.4, -0.2) is 22.6 Å². The molecule has 0 aliphatic heterocycles. The van der Waals surface area contributed by atoms with E-state index in [1.54, 1.807) is 0 Å². The number of anilines is 1. The second kappa shape index (κ2) is 6.92. The van der Waals surface area contributed by atoms with E-state index in [0.717, 1.165) is 0 Å². The van der Waals surface area contributed by atoms with Gasteiger partial charge in [0, 0.05) is 10.7 Å². The molecule has 0 spiro atoms. The smallest absolute Gasteiger partial charge is 0.357 e. The third-order valence-corrected chi connectivity index (χ3v) is 5.05. The number of benzene rings is 1. The minimum Gasteiger partial charge on any atom is -0.464 e. The Hall–Kier alpha value is -1.90. The molecule has 0 fully saturated rings. The lowest BCUT2D eigenvalue weighted by atomic mass is 10.2. The molecule has 124 valence electrons. The second-order valence-electron chi connectivity index (χ2n) is 4.39. The first kappa shape index (κ1) is 18.4. The van der Waals surface area contributed by atoms with E-state index in [1.165, 1.54) is 23.9 Å². The maximum Gasteiger partial charge on any atom is 0.357 e. The fourth-order valence-electron chi connectivity index (χ4n) is 2.05. The summed E-state index contributed by atoms with van der Waals surface area (Å²) in [5.74, 6) is -0.779. The number of esters is 1. The van der Waals surface area contributed by atoms with Gasteiger partial charge >= 0.3 is 5.97 Å². The summed E-state index contributed by atoms with van der Waals surface area (Å²) in [6.07, 6.45) is 1.31. The van der Waals surface area contributed by atoms with Crippen molar-refractivity contribution in [3.63, 3.8) is 0 Å². The molecule has 2 aromatic rings. The number of halogens is 3. The third kappa shape index (κ3) is 2.92. The number of methoxy groups -OCH3 is 1. The maximum atomic E-state index is 12.1. The van der Waals surface area contributed by atoms with Gasteiger partial charge in [-0.3, -0.25) is 10.1 Å². The molecule has 0 aliphatic rings. The zero-order chi connectivity index (χ0) is 18.2. The molecule has 0 saturated carbocycles. The minimum atomic E-state index is -0.779. The molecule has 0 atom stereocenters. The van der Waals surface area contributed by atoms with Crippen LogP contribution in [0.15, 0.2) is 25.7 Å². The van der Waals surface area contributed by atoms with Crippen LogP contribution in [0, 0.1) is 21.4 Å². The maximum absolute atomic E-state index is 12.1. The number of ether oxygens (including phenoxy) is 1. The molecule has 1 aromatic carbocycles. The van der Waals surface area contributed by atoms with Crippen molar-refractivity contribution in [3.8, 4) is 11.8 Å². The van der Waals surface area contributed by atoms with Crippen LogP contribution in [-0.2, 0) is 4.74 Å². The summed E-state index contributed by atoms with van der Waals surface area (Å²) in [5, 5.41) is 20.4. The van der Waals surface area contributed by atoms with Crippen LogP contribution in [0.2, 0.25) is 0 Å². The summed E-state index contributed by atoms with van der Waals surface area (Å²) in [4.78, 5) is 22.8. The van der Waals surface area contributed by atoms with Crippen molar-refractivity contribution in [2.75, 3.05) is 12.8 Å². The van der Waals surface area contributed by atoms with Crippen molar-refractivity contribution in [1.82, 2.24) is 4.57 Å². The van der Waals surface area contributed by atoms with Gasteiger partial charge in [-0.1, -0.05) is 0 Å². The van der Waals surface area contributed by atoms with E-state index in [9.17, 15) is 14.9 Å². The average Bonchev–Trinajstić information content (AvgIpc) is 2.82. The van der Waals surface area contributed by atoms with E-state index >= 15 is 0 Å². The molecule has 0 unspecified atom stereocenters. The standard InChI is InChI=1S/C13H7Br3N4O4/c1-24-13(21)12-9(18)5(3-17)4-19(12)10-6(14)2-7(15)11(8(10)16)20(22)23/h2,4H,18H2,1H3. The van der Waals surface area contributed by atoms with Gasteiger partial charge in [0.15, 0.2) is 5.69 Å². The number of carbonyl (C=O) groups is 1. The van der Waals surface area contributed by atoms with E-state index in [0.29, 0.717) is 4.47 Å². The molecule has 1 aromatic heterocycles. The second-order valence-corrected chi connectivity index (χ2v) is 6.89. The molecule has 0 bridgehead atoms. The Morgan fingerprint density at radius 3 is 2.54 bits per heavy atom. The van der Waals surface area contributed by atoms with Crippen molar-refractivity contribution in [2.45, 2.75) is 0 Å². The number of hydrogen-bond donors (Lipinski definition) is 1. The SMILES string of the molecule is COC(=O)c1c(N)c(C#N)cn1-c1c(Br)cc(Br)c([N+](=O)[O-])c1Br. The summed E-state index contributed by atoms with van der Waals surface area (Å²) in [6, 6.07) is 3.32. The van der Waals surface area contributed by atoms with Gasteiger partial charge in [-0.15, -0.1) is 0 Å². The van der Waals surface area contributed by atoms with Gasteiger partial charge in [-0.2, -0.15) is 5.26 Å². The lowest BCUT2D eigenvalue weighted by Crippen LogP contribution is -2.12. The van der Waals surface area contributed by atoms with Gasteiger partial charge in [0.2, 0.25) is 0 Å². The van der Waals surface area contributed by atoms with Crippen LogP contribution in [0.1, 0.15) is 16.1 Å². The Morgan fingerprint density at radius 1 is 1.42 bits per heavy atom. The van der Waals surface area contributed by atoms with Crippen molar-refractivity contribution in [2.24, 2.45) is 0 Å². The van der Waals surface area contributed by atoms with Gasteiger partial charge in [0.05, 0.1) is 33.4 Å². The summed E-state index contributed by atoms with van der Waals surface area (Å²) >= 11 is 9.60. The van der Waals surface area contributed by atoms with Crippen LogP contribution in [0.3, 0.4) is 0 Å². The molecule has 2 N–H and O–H groups in total. The fraction of sp³-hybridized carbons (Fsp3) is 0.0769. The quantitative estimate of drug-likeness (QED) is 0.370. The average molecular weight is 523 g/mol. The Labute approximate surface area is 160 Å². The number of nitro groups is 1. The highest BCUT2D eigenvalue weighted by atomic mass is 79.9. The lowest BCUT2D eigenvalue weighted by molar-refractivity contribution is -0.386. The van der Waals surface area contributed by atoms with Gasteiger partial charge in [-0.05, 0) is 53.9 Å². The summed E-state index contributed by atoms with van der Waals surface area (Å²) in [5.41, 5.74) is 5.69. The normalized spacial score (nSPS) is 10.3. The molecule has 0 aliphatic carbocycles. The molecule has 0 saturated heterocycles. The molecule has 1 heterocycles. The Kier molecular flexibility index (Phi) is 5.32. The first-order valence-corrected chi connectivity index (χ1v) is 8.43. The van der Waals surface area contributed by atoms with E-state index in [2.05, 4.69) is 47.8 Å². The zero-order valence-electron chi connectivity index (χ0n) is 11.8. The number of nitrogens with zero attached hydrogens (tertiary/aromatic N) is 3. The number of hydrogen-bond acceptors (Lipinski definition) is 6. The molecule has 8 nitrogen and oxygen atoms in total. The highest BCUT2D eigenvalue weighted by molar-refractivity contribution is 9.11.